The highest BCUT2D eigenvalue weighted by molar-refractivity contribution is 7.89. The van der Waals surface area contributed by atoms with Crippen LogP contribution in [0.15, 0.2) is 81.8 Å². The number of aliphatic carboxylic acids is 1. The molecule has 4 saturated heterocycles. The molecule has 0 unspecified atom stereocenters. The molecular formula is C76H107ClN4O24S. The number of nitrogens with zero attached hydrogens (tertiary/aromatic N) is 1. The second-order valence-corrected chi connectivity index (χ2v) is 33.2. The van der Waals surface area contributed by atoms with Gasteiger partial charge in [0.2, 0.25) is 15.9 Å². The van der Waals surface area contributed by atoms with Gasteiger partial charge in [-0.2, -0.15) is 0 Å². The highest BCUT2D eigenvalue weighted by Gasteiger charge is 2.71. The normalized spacial score (nSPS) is 38.1. The Morgan fingerprint density at radius 1 is 0.783 bits per heavy atom. The number of hydrogen-bond donors (Lipinski definition) is 11. The summed E-state index contributed by atoms with van der Waals surface area (Å²) >= 11 is 5.84. The number of aryl methyl sites for hydroxylation is 1. The van der Waals surface area contributed by atoms with E-state index in [1.165, 1.54) is 12.3 Å². The van der Waals surface area contributed by atoms with Gasteiger partial charge in [-0.3, -0.25) is 14.9 Å². The van der Waals surface area contributed by atoms with Crippen molar-refractivity contribution in [2.75, 3.05) is 18.5 Å². The van der Waals surface area contributed by atoms with Gasteiger partial charge in [-0.1, -0.05) is 62.2 Å². The zero-order valence-electron chi connectivity index (χ0n) is 61.2. The van der Waals surface area contributed by atoms with Crippen molar-refractivity contribution in [1.82, 2.24) is 10.2 Å². The monoisotopic (exact) mass is 1530 g/mol. The molecule has 0 radical (unpaired) electrons. The third-order valence-electron chi connectivity index (χ3n) is 24.9. The molecule has 13 rings (SSSR count). The third kappa shape index (κ3) is 17.4. The predicted octanol–water partition coefficient (Wildman–Crippen LogP) is 6.49. The molecule has 6 heterocycles. The van der Waals surface area contributed by atoms with E-state index in [0.29, 0.717) is 43.8 Å². The van der Waals surface area contributed by atoms with Crippen molar-refractivity contribution in [2.24, 2.45) is 45.6 Å². The van der Waals surface area contributed by atoms with E-state index in [1.807, 2.05) is 44.2 Å². The van der Waals surface area contributed by atoms with Crippen molar-refractivity contribution in [3.05, 3.63) is 94.4 Å². The number of hydrogen-bond acceptors (Lipinski definition) is 24. The SMILES string of the molecule is CCOC(=O)[C@H](CCc1ccccc1)N[C@@H](C)C(=O)N1[C@H](C(=O)O)C[C@@H]2CCC[C@@H]21.C[C@H]1O[C@@H](O[C@H]2[C@@H](O)C[C@H](O[C@H]3[C@@H](O)C[C@H](O[C@H]4CC[C@@]5(C)[C@H](CC[C@@H]6[C@@H]5C[C@@H](O)[C@]5(C)[C@@H](C7=CC(=O)OC7)CC[C@]65O)C4)O[C@@H]3C)O[C@@H]2C)C[C@H](O)[C@@H]1O.NS(=O)(=O)c1cc(C(=O)O)c(NCc2ccco2)cc1Cl. The Bertz CT molecular complexity index is 3670. The van der Waals surface area contributed by atoms with Gasteiger partial charge < -0.3 is 93.4 Å². The van der Waals surface area contributed by atoms with E-state index in [4.69, 9.17) is 64.2 Å². The molecule has 5 saturated carbocycles. The second-order valence-electron chi connectivity index (χ2n) is 31.2. The first kappa shape index (κ1) is 81.3. The summed E-state index contributed by atoms with van der Waals surface area (Å²) in [6, 6.07) is 13.3. The van der Waals surface area contributed by atoms with Crippen molar-refractivity contribution < 1.29 is 116 Å². The Hall–Kier alpha value is -5.71. The minimum Gasteiger partial charge on any atom is -0.480 e. The largest absolute Gasteiger partial charge is 0.480 e. The van der Waals surface area contributed by atoms with Crippen LogP contribution in [0.25, 0.3) is 0 Å². The number of nitrogens with two attached hydrogens (primary N) is 1. The van der Waals surface area contributed by atoms with E-state index in [0.717, 1.165) is 75.0 Å². The number of nitrogens with one attached hydrogen (secondary N) is 2. The molecule has 0 spiro atoms. The number of rotatable bonds is 21. The molecule has 9 fully saturated rings. The van der Waals surface area contributed by atoms with Crippen LogP contribution in [0.2, 0.25) is 5.02 Å². The fourth-order valence-electron chi connectivity index (χ4n) is 19.3. The van der Waals surface area contributed by atoms with Gasteiger partial charge >= 0.3 is 23.9 Å². The molecule has 2 aromatic carbocycles. The fourth-order valence-corrected chi connectivity index (χ4v) is 20.4. The topological polar surface area (TPSA) is 422 Å². The molecule has 106 heavy (non-hydrogen) atoms. The molecule has 12 N–H and O–H groups in total. The lowest BCUT2D eigenvalue weighted by atomic mass is 9.42. The minimum atomic E-state index is -4.11. The van der Waals surface area contributed by atoms with Crippen LogP contribution in [-0.4, -0.2) is 213 Å². The number of halogens is 1. The van der Waals surface area contributed by atoms with Crippen LogP contribution in [-0.2, 0) is 80.1 Å². The fraction of sp³-hybridized carbons (Fsp3) is 0.697. The first-order chi connectivity index (χ1) is 50.2. The molecule has 588 valence electrons. The maximum atomic E-state index is 13.2. The molecule has 0 bridgehead atoms. The highest BCUT2D eigenvalue weighted by atomic mass is 35.5. The molecule has 30 heteroatoms. The van der Waals surface area contributed by atoms with Gasteiger partial charge in [0.25, 0.3) is 0 Å². The van der Waals surface area contributed by atoms with E-state index in [1.54, 1.807) is 50.8 Å². The lowest BCUT2D eigenvalue weighted by Gasteiger charge is -2.65. The Labute approximate surface area is 623 Å². The number of ether oxygens (including phenoxy) is 8. The lowest BCUT2D eigenvalue weighted by Crippen LogP contribution is -2.67. The smallest absolute Gasteiger partial charge is 0.337 e. The average molecular weight is 1530 g/mol. The Morgan fingerprint density at radius 2 is 1.44 bits per heavy atom. The minimum absolute atomic E-state index is 0.00629. The predicted molar refractivity (Wildman–Crippen MR) is 380 cm³/mol. The summed E-state index contributed by atoms with van der Waals surface area (Å²) in [5.41, 5.74) is 0.120. The van der Waals surface area contributed by atoms with E-state index >= 15 is 0 Å². The Morgan fingerprint density at radius 3 is 2.04 bits per heavy atom. The summed E-state index contributed by atoms with van der Waals surface area (Å²) in [4.78, 5) is 61.8. The number of aliphatic hydroxyl groups is 6. The quantitative estimate of drug-likeness (QED) is 0.0401. The summed E-state index contributed by atoms with van der Waals surface area (Å²) in [6.45, 7) is 13.8. The molecule has 1 amide bonds. The van der Waals surface area contributed by atoms with Crippen molar-refractivity contribution in [2.45, 2.75) is 285 Å². The maximum Gasteiger partial charge on any atom is 0.337 e. The van der Waals surface area contributed by atoms with Crippen LogP contribution in [0.5, 0.6) is 0 Å². The molecule has 1 aromatic heterocycles. The first-order valence-corrected chi connectivity index (χ1v) is 39.4. The average Bonchev–Trinajstić information content (AvgIpc) is 1.40. The van der Waals surface area contributed by atoms with Crippen molar-refractivity contribution in [3.8, 4) is 0 Å². The molecule has 5 aliphatic heterocycles. The van der Waals surface area contributed by atoms with Crippen LogP contribution in [0.1, 0.15) is 173 Å². The van der Waals surface area contributed by atoms with E-state index in [2.05, 4.69) is 17.6 Å². The number of carboxylic acid groups (broad SMARTS) is 2. The number of furan rings is 1. The number of primary sulfonamides is 1. The van der Waals surface area contributed by atoms with Crippen LogP contribution in [0.3, 0.4) is 0 Å². The summed E-state index contributed by atoms with van der Waals surface area (Å²) in [5, 5.41) is 96.4. The zero-order chi connectivity index (χ0) is 76.5. The number of benzene rings is 2. The summed E-state index contributed by atoms with van der Waals surface area (Å²) in [7, 11) is -4.11. The first-order valence-electron chi connectivity index (χ1n) is 37.5. The van der Waals surface area contributed by atoms with Gasteiger partial charge in [-0.15, -0.1) is 0 Å². The Kier molecular flexibility index (Phi) is 26.0. The number of carbonyl (C=O) groups excluding carboxylic acids is 3. The van der Waals surface area contributed by atoms with Crippen LogP contribution in [0.4, 0.5) is 5.69 Å². The standard InChI is InChI=1S/C41H64O14.C23H32N2O5.C12H11ClN2O5S/c1-19-36(47)28(42)15-34(50-19)54-38-21(3)52-35(17-30(38)44)55-37-20(2)51-33(16-29(37)43)53-24-8-10-39(4)23(13-24)6-7-26-27(39)14-31(45)40(5)25(9-11-41(26,40)48)22-12-32(46)49-18-22;1-3-30-23(29)18(13-12-16-8-5-4-6-9-16)24-15(2)21(26)25-19-11-7-10-17(19)14-20(25)22(27)28;13-9-5-10(15-6-7-2-1-3-20-7)8(12(16)17)4-11(9)21(14,18)19/h12,19-21,23-31,33-38,42-45,47-48H,6-11,13-18H2,1-5H3;4-6,8-9,15,17-20,24H,3,7,10-14H2,1-2H3,(H,27,28);1-5,15H,6H2,(H,16,17)(H2,14,18,19)/t19-,20-,21-,23-,24+,25-,26-,27+,28+,29+,30+,31-,33+,34+,35+,36-,37-,38-,39+,40+,41+;15-,17-,18-,19-,20-;/m10./s1. The molecular weight excluding hydrogens is 1420 g/mol. The molecule has 5 aliphatic carbocycles. The van der Waals surface area contributed by atoms with Gasteiger partial charge in [-0.25, -0.2) is 27.9 Å². The van der Waals surface area contributed by atoms with Gasteiger partial charge in [0.15, 0.2) is 18.9 Å². The number of carbonyl (C=O) groups is 5. The van der Waals surface area contributed by atoms with Crippen LogP contribution in [0, 0.1) is 40.4 Å². The molecule has 3 aromatic rings. The van der Waals surface area contributed by atoms with Crippen molar-refractivity contribution in [3.63, 3.8) is 0 Å². The number of anilines is 1. The van der Waals surface area contributed by atoms with Gasteiger partial charge in [0.05, 0.1) is 96.2 Å². The number of aromatic carboxylic acids is 1. The van der Waals surface area contributed by atoms with E-state index in [9.17, 15) is 68.1 Å². The summed E-state index contributed by atoms with van der Waals surface area (Å²) in [5.74, 6) is -1.84. The summed E-state index contributed by atoms with van der Waals surface area (Å²) in [6.07, 6.45) is 4.50. The zero-order valence-corrected chi connectivity index (χ0v) is 62.8. The Balaban J connectivity index is 0.000000183. The number of cyclic esters (lactones) is 1. The maximum absolute atomic E-state index is 13.2. The number of sulfonamides is 1. The molecule has 10 aliphatic rings. The number of aliphatic hydroxyl groups excluding tert-OH is 5. The van der Waals surface area contributed by atoms with E-state index < -0.39 is 136 Å². The van der Waals surface area contributed by atoms with Crippen LogP contribution < -0.4 is 15.8 Å². The van der Waals surface area contributed by atoms with Crippen LogP contribution >= 0.6 is 11.6 Å². The number of esters is 2. The number of likely N-dealkylation sites (tertiary alicyclic amines) is 1. The van der Waals surface area contributed by atoms with Gasteiger partial charge in [-0.05, 0) is 188 Å². The number of fused-ring (bicyclic) bond motifs is 6. The van der Waals surface area contributed by atoms with Gasteiger partial charge in [0.1, 0.15) is 47.7 Å². The lowest BCUT2D eigenvalue weighted by molar-refractivity contribution is -0.336. The third-order valence-corrected chi connectivity index (χ3v) is 26.3. The van der Waals surface area contributed by atoms with Crippen molar-refractivity contribution >= 4 is 57.1 Å². The second kappa shape index (κ2) is 33.9. The van der Waals surface area contributed by atoms with Gasteiger partial charge in [0, 0.05) is 36.8 Å². The number of carboxylic acids is 2. The summed E-state index contributed by atoms with van der Waals surface area (Å²) < 4.78 is 75.1. The highest BCUT2D eigenvalue weighted by Crippen LogP contribution is 2.70. The van der Waals surface area contributed by atoms with Crippen molar-refractivity contribution in [1.29, 1.82) is 0 Å². The molecule has 28 nitrogen and oxygen atoms in total. The molecule has 26 atom stereocenters. The number of amides is 1. The van der Waals surface area contributed by atoms with E-state index in [-0.39, 0.29) is 114 Å².